The van der Waals surface area contributed by atoms with Crippen molar-refractivity contribution in [1.82, 2.24) is 9.97 Å². The normalized spacial score (nSPS) is 10.5. The highest BCUT2D eigenvalue weighted by Gasteiger charge is 2.04. The number of nitrogens with one attached hydrogen (secondary N) is 1. The van der Waals surface area contributed by atoms with Crippen LogP contribution < -0.4 is 5.73 Å². The van der Waals surface area contributed by atoms with Gasteiger partial charge in [0.25, 0.3) is 0 Å². The minimum absolute atomic E-state index is 0.437. The smallest absolute Gasteiger partial charge is 0.248 e. The molecule has 3 N–H and O–H groups in total. The van der Waals surface area contributed by atoms with E-state index in [9.17, 15) is 4.79 Å². The van der Waals surface area contributed by atoms with Crippen LogP contribution in [-0.4, -0.2) is 15.9 Å². The third kappa shape index (κ3) is 1.42. The fourth-order valence-corrected chi connectivity index (χ4v) is 1.54. The van der Waals surface area contributed by atoms with E-state index in [-0.39, 0.29) is 0 Å². The summed E-state index contributed by atoms with van der Waals surface area (Å²) >= 11 is 3.20. The molecular weight excluding hydrogens is 234 g/mol. The van der Waals surface area contributed by atoms with Gasteiger partial charge in [0.15, 0.2) is 4.73 Å². The van der Waals surface area contributed by atoms with Crippen molar-refractivity contribution in [2.45, 2.75) is 0 Å². The number of nitrogens with two attached hydrogens (primary N) is 1. The van der Waals surface area contributed by atoms with Gasteiger partial charge in [-0.25, -0.2) is 4.98 Å². The summed E-state index contributed by atoms with van der Waals surface area (Å²) < 4.78 is 0.643. The molecule has 0 saturated heterocycles. The number of carbonyl (C=O) groups is 1. The van der Waals surface area contributed by atoms with Crippen molar-refractivity contribution in [3.63, 3.8) is 0 Å². The molecule has 0 aliphatic heterocycles. The second-order valence-electron chi connectivity index (χ2n) is 2.62. The van der Waals surface area contributed by atoms with Crippen molar-refractivity contribution in [3.8, 4) is 0 Å². The molecule has 0 aliphatic rings. The van der Waals surface area contributed by atoms with E-state index in [0.717, 1.165) is 11.0 Å². The van der Waals surface area contributed by atoms with Crippen LogP contribution in [0.25, 0.3) is 11.0 Å². The van der Waals surface area contributed by atoms with Gasteiger partial charge in [-0.1, -0.05) is 0 Å². The van der Waals surface area contributed by atoms with Gasteiger partial charge in [0.05, 0.1) is 11.0 Å². The number of halogens is 1. The van der Waals surface area contributed by atoms with Crippen LogP contribution in [0, 0.1) is 0 Å². The third-order valence-corrected chi connectivity index (χ3v) is 2.11. The summed E-state index contributed by atoms with van der Waals surface area (Å²) in [7, 11) is 0. The molecular formula is C8H6BrN3O. The lowest BCUT2D eigenvalue weighted by atomic mass is 10.2. The minimum atomic E-state index is -0.437. The van der Waals surface area contributed by atoms with Gasteiger partial charge in [0.2, 0.25) is 5.91 Å². The Kier molecular flexibility index (Phi) is 1.81. The van der Waals surface area contributed by atoms with Crippen molar-refractivity contribution in [2.24, 2.45) is 5.73 Å². The van der Waals surface area contributed by atoms with Crippen LogP contribution in [0.2, 0.25) is 0 Å². The maximum Gasteiger partial charge on any atom is 0.248 e. The number of fused-ring (bicyclic) bond motifs is 1. The van der Waals surface area contributed by atoms with Crippen LogP contribution in [0.4, 0.5) is 0 Å². The monoisotopic (exact) mass is 239 g/mol. The maximum atomic E-state index is 10.8. The molecule has 0 radical (unpaired) electrons. The Morgan fingerprint density at radius 1 is 1.54 bits per heavy atom. The molecule has 1 aromatic heterocycles. The van der Waals surface area contributed by atoms with E-state index >= 15 is 0 Å². The van der Waals surface area contributed by atoms with Crippen molar-refractivity contribution in [2.75, 3.05) is 0 Å². The number of nitrogens with zero attached hydrogens (tertiary/aromatic N) is 1. The zero-order chi connectivity index (χ0) is 9.42. The zero-order valence-electron chi connectivity index (χ0n) is 6.54. The first-order chi connectivity index (χ1) is 6.16. The number of carbonyl (C=O) groups excluding carboxylic acids is 1. The molecule has 66 valence electrons. The van der Waals surface area contributed by atoms with Crippen LogP contribution in [0.5, 0.6) is 0 Å². The number of benzene rings is 1. The maximum absolute atomic E-state index is 10.8. The summed E-state index contributed by atoms with van der Waals surface area (Å²) in [5, 5.41) is 0. The van der Waals surface area contributed by atoms with E-state index in [1.165, 1.54) is 0 Å². The SMILES string of the molecule is NC(=O)c1ccc2nc(Br)[nH]c2c1. The Balaban J connectivity index is 2.67. The highest BCUT2D eigenvalue weighted by Crippen LogP contribution is 2.16. The first-order valence-electron chi connectivity index (χ1n) is 3.62. The molecule has 0 spiro atoms. The Morgan fingerprint density at radius 2 is 2.31 bits per heavy atom. The summed E-state index contributed by atoms with van der Waals surface area (Å²) in [4.78, 5) is 17.9. The highest BCUT2D eigenvalue weighted by atomic mass is 79.9. The summed E-state index contributed by atoms with van der Waals surface area (Å²) in [6.07, 6.45) is 0. The van der Waals surface area contributed by atoms with E-state index in [2.05, 4.69) is 25.9 Å². The first-order valence-corrected chi connectivity index (χ1v) is 4.41. The van der Waals surface area contributed by atoms with Gasteiger partial charge in [-0.2, -0.15) is 0 Å². The summed E-state index contributed by atoms with van der Waals surface area (Å²) in [6.45, 7) is 0. The van der Waals surface area contributed by atoms with Gasteiger partial charge < -0.3 is 10.7 Å². The van der Waals surface area contributed by atoms with Gasteiger partial charge >= 0.3 is 0 Å². The second kappa shape index (κ2) is 2.85. The number of amides is 1. The zero-order valence-corrected chi connectivity index (χ0v) is 8.13. The Bertz CT molecular complexity index is 477. The molecule has 2 aromatic rings. The average molecular weight is 240 g/mol. The molecule has 1 heterocycles. The molecule has 0 aliphatic carbocycles. The van der Waals surface area contributed by atoms with Crippen molar-refractivity contribution >= 4 is 32.9 Å². The molecule has 0 bridgehead atoms. The van der Waals surface area contributed by atoms with Gasteiger partial charge in [-0.15, -0.1) is 0 Å². The minimum Gasteiger partial charge on any atom is -0.366 e. The number of aromatic amines is 1. The second-order valence-corrected chi connectivity index (χ2v) is 3.37. The molecule has 0 fully saturated rings. The van der Waals surface area contributed by atoms with E-state index < -0.39 is 5.91 Å². The van der Waals surface area contributed by atoms with E-state index in [1.54, 1.807) is 18.2 Å². The van der Waals surface area contributed by atoms with Crippen molar-refractivity contribution in [1.29, 1.82) is 0 Å². The third-order valence-electron chi connectivity index (χ3n) is 1.74. The molecule has 1 amide bonds. The first kappa shape index (κ1) is 8.25. The summed E-state index contributed by atoms with van der Waals surface area (Å²) in [5.41, 5.74) is 7.20. The van der Waals surface area contributed by atoms with Crippen LogP contribution in [0.3, 0.4) is 0 Å². The van der Waals surface area contributed by atoms with Gasteiger partial charge in [-0.3, -0.25) is 4.79 Å². The lowest BCUT2D eigenvalue weighted by Crippen LogP contribution is -2.10. The quantitative estimate of drug-likeness (QED) is 0.791. The Hall–Kier alpha value is -1.36. The predicted molar refractivity (Wildman–Crippen MR) is 52.3 cm³/mol. The summed E-state index contributed by atoms with van der Waals surface area (Å²) in [5.74, 6) is -0.437. The molecule has 1 aromatic carbocycles. The van der Waals surface area contributed by atoms with Gasteiger partial charge in [-0.05, 0) is 34.1 Å². The lowest BCUT2D eigenvalue weighted by Gasteiger charge is -1.93. The van der Waals surface area contributed by atoms with Crippen LogP contribution >= 0.6 is 15.9 Å². The summed E-state index contributed by atoms with van der Waals surface area (Å²) in [6, 6.07) is 5.07. The van der Waals surface area contributed by atoms with Crippen LogP contribution in [0.1, 0.15) is 10.4 Å². The van der Waals surface area contributed by atoms with Crippen molar-refractivity contribution in [3.05, 3.63) is 28.5 Å². The molecule has 0 atom stereocenters. The molecule has 4 nitrogen and oxygen atoms in total. The molecule has 5 heteroatoms. The largest absolute Gasteiger partial charge is 0.366 e. The van der Waals surface area contributed by atoms with E-state index in [4.69, 9.17) is 5.73 Å². The van der Waals surface area contributed by atoms with Crippen LogP contribution in [-0.2, 0) is 0 Å². The molecule has 0 saturated carbocycles. The van der Waals surface area contributed by atoms with Crippen LogP contribution in [0.15, 0.2) is 22.9 Å². The standard InChI is InChI=1S/C8H6BrN3O/c9-8-11-5-2-1-4(7(10)13)3-6(5)12-8/h1-3H,(H2,10,13)(H,11,12). The number of rotatable bonds is 1. The predicted octanol–water partition coefficient (Wildman–Crippen LogP) is 1.42. The number of hydrogen-bond donors (Lipinski definition) is 2. The fraction of sp³-hybridized carbons (Fsp3) is 0. The van der Waals surface area contributed by atoms with Crippen molar-refractivity contribution < 1.29 is 4.79 Å². The van der Waals surface area contributed by atoms with Gasteiger partial charge in [0, 0.05) is 5.56 Å². The Labute approximate surface area is 82.3 Å². The van der Waals surface area contributed by atoms with E-state index in [0.29, 0.717) is 10.3 Å². The lowest BCUT2D eigenvalue weighted by molar-refractivity contribution is 0.100. The average Bonchev–Trinajstić information content (AvgIpc) is 2.42. The fourth-order valence-electron chi connectivity index (χ4n) is 1.13. The number of H-pyrrole nitrogens is 1. The number of imidazole rings is 1. The van der Waals surface area contributed by atoms with E-state index in [1.807, 2.05) is 0 Å². The topological polar surface area (TPSA) is 71.8 Å². The number of primary amides is 1. The highest BCUT2D eigenvalue weighted by molar-refractivity contribution is 9.10. The Morgan fingerprint density at radius 3 is 3.00 bits per heavy atom. The molecule has 0 unspecified atom stereocenters. The molecule has 13 heavy (non-hydrogen) atoms. The number of hydrogen-bond acceptors (Lipinski definition) is 2. The molecule has 2 rings (SSSR count). The van der Waals surface area contributed by atoms with Gasteiger partial charge in [0.1, 0.15) is 0 Å². The number of aromatic nitrogens is 2.